The first-order chi connectivity index (χ1) is 13.8. The van der Waals surface area contributed by atoms with Crippen molar-refractivity contribution in [2.75, 3.05) is 13.1 Å². The van der Waals surface area contributed by atoms with E-state index in [2.05, 4.69) is 51.2 Å². The van der Waals surface area contributed by atoms with Crippen LogP contribution in [0.5, 0.6) is 0 Å². The number of rotatable bonds is 4. The fraction of sp³-hybridized carbons (Fsp3) is 0.375. The minimum absolute atomic E-state index is 0.0589. The van der Waals surface area contributed by atoms with Crippen LogP contribution in [0, 0.1) is 0 Å². The maximum absolute atomic E-state index is 13.2. The molecule has 2 saturated heterocycles. The molecule has 2 aliphatic rings. The molecule has 2 aliphatic heterocycles. The Kier molecular flexibility index (Phi) is 4.65. The van der Waals surface area contributed by atoms with Crippen molar-refractivity contribution >= 4 is 16.8 Å². The van der Waals surface area contributed by atoms with Gasteiger partial charge in [0.05, 0.1) is 0 Å². The predicted octanol–water partition coefficient (Wildman–Crippen LogP) is 4.05. The molecule has 0 unspecified atom stereocenters. The summed E-state index contributed by atoms with van der Waals surface area (Å²) in [4.78, 5) is 15.8. The highest BCUT2D eigenvalue weighted by Crippen LogP contribution is 2.27. The standard InChI is InChI=1S/C24H27N3O/c28-24(25-20-12-14-26-13-6-10-21(26)16-20)23-15-19-9-4-5-11-22(19)27(23)17-18-7-2-1-3-8-18/h1-5,7-9,11,15,20-21H,6,10,12-14,16-17H2,(H,25,28)/t20-,21+/m0/s1. The fourth-order valence-corrected chi connectivity index (χ4v) is 4.95. The third-order valence-electron chi connectivity index (χ3n) is 6.38. The summed E-state index contributed by atoms with van der Waals surface area (Å²) in [6.07, 6.45) is 4.73. The molecular weight excluding hydrogens is 346 g/mol. The third-order valence-corrected chi connectivity index (χ3v) is 6.38. The molecule has 3 aromatic rings. The van der Waals surface area contributed by atoms with Gasteiger partial charge >= 0.3 is 0 Å². The van der Waals surface area contributed by atoms with Crippen molar-refractivity contribution in [2.45, 2.75) is 44.3 Å². The summed E-state index contributed by atoms with van der Waals surface area (Å²) in [7, 11) is 0. The lowest BCUT2D eigenvalue weighted by Crippen LogP contribution is -2.47. The van der Waals surface area contributed by atoms with Gasteiger partial charge < -0.3 is 14.8 Å². The first-order valence-corrected chi connectivity index (χ1v) is 10.4. The van der Waals surface area contributed by atoms with Crippen molar-refractivity contribution in [3.05, 3.63) is 71.9 Å². The van der Waals surface area contributed by atoms with Crippen molar-refractivity contribution < 1.29 is 4.79 Å². The van der Waals surface area contributed by atoms with Gasteiger partial charge in [0.15, 0.2) is 0 Å². The van der Waals surface area contributed by atoms with Gasteiger partial charge in [-0.05, 0) is 49.9 Å². The summed E-state index contributed by atoms with van der Waals surface area (Å²) < 4.78 is 2.16. The van der Waals surface area contributed by atoms with Crippen LogP contribution in [0.2, 0.25) is 0 Å². The molecule has 2 fully saturated rings. The molecular formula is C24H27N3O. The fourth-order valence-electron chi connectivity index (χ4n) is 4.95. The van der Waals surface area contributed by atoms with Crippen molar-refractivity contribution in [3.8, 4) is 0 Å². The second-order valence-electron chi connectivity index (χ2n) is 8.19. The van der Waals surface area contributed by atoms with Crippen molar-refractivity contribution in [2.24, 2.45) is 0 Å². The van der Waals surface area contributed by atoms with E-state index in [1.54, 1.807) is 0 Å². The number of amides is 1. The highest BCUT2D eigenvalue weighted by atomic mass is 16.2. The van der Waals surface area contributed by atoms with Crippen molar-refractivity contribution in [1.82, 2.24) is 14.8 Å². The number of carbonyl (C=O) groups excluding carboxylic acids is 1. The zero-order valence-electron chi connectivity index (χ0n) is 16.2. The summed E-state index contributed by atoms with van der Waals surface area (Å²) in [6.45, 7) is 3.05. The lowest BCUT2D eigenvalue weighted by atomic mass is 9.97. The minimum atomic E-state index is 0.0589. The molecule has 4 heteroatoms. The number of hydrogen-bond acceptors (Lipinski definition) is 2. The number of piperidine rings is 1. The molecule has 4 nitrogen and oxygen atoms in total. The molecule has 2 aromatic carbocycles. The largest absolute Gasteiger partial charge is 0.348 e. The SMILES string of the molecule is O=C(N[C@H]1CCN2CCC[C@@H]2C1)c1cc2ccccc2n1Cc1ccccc1. The highest BCUT2D eigenvalue weighted by molar-refractivity contribution is 5.99. The number of fused-ring (bicyclic) bond motifs is 2. The minimum Gasteiger partial charge on any atom is -0.348 e. The Bertz CT molecular complexity index is 978. The molecule has 0 saturated carbocycles. The summed E-state index contributed by atoms with van der Waals surface area (Å²) in [6, 6.07) is 21.6. The second kappa shape index (κ2) is 7.44. The smallest absolute Gasteiger partial charge is 0.268 e. The molecule has 0 radical (unpaired) electrons. The van der Waals surface area contributed by atoms with Gasteiger partial charge in [0.2, 0.25) is 0 Å². The van der Waals surface area contributed by atoms with E-state index in [0.717, 1.165) is 36.0 Å². The van der Waals surface area contributed by atoms with Gasteiger partial charge in [-0.15, -0.1) is 0 Å². The molecule has 1 amide bonds. The Labute approximate surface area is 166 Å². The number of carbonyl (C=O) groups is 1. The average Bonchev–Trinajstić information content (AvgIpc) is 3.33. The summed E-state index contributed by atoms with van der Waals surface area (Å²) in [5, 5.41) is 4.47. The first-order valence-electron chi connectivity index (χ1n) is 10.4. The topological polar surface area (TPSA) is 37.3 Å². The molecule has 144 valence electrons. The number of hydrogen-bond donors (Lipinski definition) is 1. The normalized spacial score (nSPS) is 22.3. The Morgan fingerprint density at radius 2 is 1.82 bits per heavy atom. The van der Waals surface area contributed by atoms with Gasteiger partial charge in [-0.25, -0.2) is 0 Å². The molecule has 0 aliphatic carbocycles. The highest BCUT2D eigenvalue weighted by Gasteiger charge is 2.32. The van der Waals surface area contributed by atoms with Gasteiger partial charge in [-0.3, -0.25) is 4.79 Å². The van der Waals surface area contributed by atoms with Crippen LogP contribution < -0.4 is 5.32 Å². The van der Waals surface area contributed by atoms with Crippen LogP contribution in [0.4, 0.5) is 0 Å². The molecule has 2 atom stereocenters. The maximum atomic E-state index is 13.2. The van der Waals surface area contributed by atoms with Gasteiger partial charge in [-0.1, -0.05) is 48.5 Å². The first kappa shape index (κ1) is 17.5. The summed E-state index contributed by atoms with van der Waals surface area (Å²) >= 11 is 0. The van der Waals surface area contributed by atoms with Crippen LogP contribution in [0.15, 0.2) is 60.7 Å². The zero-order valence-corrected chi connectivity index (χ0v) is 16.2. The third kappa shape index (κ3) is 3.33. The number of nitrogens with one attached hydrogen (secondary N) is 1. The molecule has 1 N–H and O–H groups in total. The Morgan fingerprint density at radius 1 is 1.00 bits per heavy atom. The number of benzene rings is 2. The van der Waals surface area contributed by atoms with E-state index in [0.29, 0.717) is 12.6 Å². The van der Waals surface area contributed by atoms with E-state index >= 15 is 0 Å². The van der Waals surface area contributed by atoms with Gasteiger partial charge in [0.1, 0.15) is 5.69 Å². The van der Waals surface area contributed by atoms with E-state index in [9.17, 15) is 4.79 Å². The molecule has 0 spiro atoms. The van der Waals surface area contributed by atoms with Crippen LogP contribution in [0.3, 0.4) is 0 Å². The predicted molar refractivity (Wildman–Crippen MR) is 113 cm³/mol. The Balaban J connectivity index is 1.41. The van der Waals surface area contributed by atoms with Gasteiger partial charge in [0.25, 0.3) is 5.91 Å². The molecule has 28 heavy (non-hydrogen) atoms. The summed E-state index contributed by atoms with van der Waals surface area (Å²) in [5.74, 6) is 0.0589. The van der Waals surface area contributed by atoms with E-state index in [1.165, 1.54) is 24.9 Å². The Hall–Kier alpha value is -2.59. The van der Waals surface area contributed by atoms with Gasteiger partial charge in [-0.2, -0.15) is 0 Å². The van der Waals surface area contributed by atoms with Crippen LogP contribution in [0.1, 0.15) is 41.7 Å². The van der Waals surface area contributed by atoms with E-state index in [4.69, 9.17) is 0 Å². The van der Waals surface area contributed by atoms with Crippen molar-refractivity contribution in [1.29, 1.82) is 0 Å². The summed E-state index contributed by atoms with van der Waals surface area (Å²) in [5.41, 5.74) is 3.08. The quantitative estimate of drug-likeness (QED) is 0.749. The van der Waals surface area contributed by atoms with E-state index in [-0.39, 0.29) is 11.9 Å². The van der Waals surface area contributed by atoms with Crippen LogP contribution >= 0.6 is 0 Å². The van der Waals surface area contributed by atoms with E-state index in [1.807, 2.05) is 24.3 Å². The van der Waals surface area contributed by atoms with Gasteiger partial charge in [0, 0.05) is 36.1 Å². The van der Waals surface area contributed by atoms with Crippen LogP contribution in [-0.4, -0.2) is 40.5 Å². The molecule has 5 rings (SSSR count). The number of para-hydroxylation sites is 1. The number of aromatic nitrogens is 1. The lowest BCUT2D eigenvalue weighted by Gasteiger charge is -2.35. The monoisotopic (exact) mass is 373 g/mol. The van der Waals surface area contributed by atoms with E-state index < -0.39 is 0 Å². The average molecular weight is 374 g/mol. The van der Waals surface area contributed by atoms with Crippen LogP contribution in [-0.2, 0) is 6.54 Å². The second-order valence-corrected chi connectivity index (χ2v) is 8.19. The molecule has 1 aromatic heterocycles. The number of nitrogens with zero attached hydrogens (tertiary/aromatic N) is 2. The zero-order chi connectivity index (χ0) is 18.9. The molecule has 3 heterocycles. The Morgan fingerprint density at radius 3 is 2.71 bits per heavy atom. The van der Waals surface area contributed by atoms with Crippen LogP contribution in [0.25, 0.3) is 10.9 Å². The lowest BCUT2D eigenvalue weighted by molar-refractivity contribution is 0.0888. The maximum Gasteiger partial charge on any atom is 0.268 e. The molecule has 0 bridgehead atoms. The van der Waals surface area contributed by atoms with Crippen molar-refractivity contribution in [3.63, 3.8) is 0 Å².